The molecule has 0 aliphatic heterocycles. The number of hydrogen-bond donors (Lipinski definition) is 2. The van der Waals surface area contributed by atoms with E-state index in [9.17, 15) is 0 Å². The molecule has 0 amide bonds. The highest BCUT2D eigenvalue weighted by atomic mass is 16.4. The van der Waals surface area contributed by atoms with E-state index in [1.165, 1.54) is 0 Å². The third kappa shape index (κ3) is 3.28. The normalized spacial score (nSPS) is 11.4. The van der Waals surface area contributed by atoms with Crippen LogP contribution in [0.5, 0.6) is 0 Å². The Labute approximate surface area is 123 Å². The van der Waals surface area contributed by atoms with Crippen LogP contribution in [-0.2, 0) is 6.54 Å². The summed E-state index contributed by atoms with van der Waals surface area (Å²) in [6, 6.07) is 7.63. The van der Waals surface area contributed by atoms with Gasteiger partial charge in [-0.25, -0.2) is 4.98 Å². The van der Waals surface area contributed by atoms with Crippen molar-refractivity contribution in [2.45, 2.75) is 20.4 Å². The molecule has 2 aromatic rings. The molecule has 21 heavy (non-hydrogen) atoms. The fourth-order valence-corrected chi connectivity index (χ4v) is 2.17. The second kappa shape index (κ2) is 6.69. The van der Waals surface area contributed by atoms with E-state index < -0.39 is 0 Å². The Bertz CT molecular complexity index is 627. The molecule has 2 rings (SSSR count). The summed E-state index contributed by atoms with van der Waals surface area (Å²) >= 11 is 0. The van der Waals surface area contributed by atoms with Gasteiger partial charge >= 0.3 is 0 Å². The predicted octanol–water partition coefficient (Wildman–Crippen LogP) is 1.91. The SMILES string of the molecule is CCN(Cc1ccccn1)c1nccc(C)c1/C(N)=N/O. The molecule has 3 N–H and O–H groups in total. The van der Waals surface area contributed by atoms with Gasteiger partial charge in [-0.15, -0.1) is 0 Å². The molecule has 0 fully saturated rings. The first-order chi connectivity index (χ1) is 10.2. The Kier molecular flexibility index (Phi) is 4.71. The van der Waals surface area contributed by atoms with Crippen LogP contribution in [0, 0.1) is 6.92 Å². The van der Waals surface area contributed by atoms with Crippen molar-refractivity contribution in [3.05, 3.63) is 53.5 Å². The summed E-state index contributed by atoms with van der Waals surface area (Å²) in [4.78, 5) is 10.8. The molecule has 2 aromatic heterocycles. The molecule has 0 bridgehead atoms. The van der Waals surface area contributed by atoms with Gasteiger partial charge in [0.15, 0.2) is 5.84 Å². The maximum Gasteiger partial charge on any atom is 0.174 e. The van der Waals surface area contributed by atoms with Gasteiger partial charge in [0, 0.05) is 18.9 Å². The van der Waals surface area contributed by atoms with E-state index >= 15 is 0 Å². The standard InChI is InChI=1S/C15H19N5O/c1-3-20(10-12-6-4-5-8-17-12)15-13(14(16)19-21)11(2)7-9-18-15/h4-9,21H,3,10H2,1-2H3,(H2,16,19). The summed E-state index contributed by atoms with van der Waals surface area (Å²) < 4.78 is 0. The van der Waals surface area contributed by atoms with Crippen LogP contribution >= 0.6 is 0 Å². The lowest BCUT2D eigenvalue weighted by atomic mass is 10.1. The van der Waals surface area contributed by atoms with Crippen molar-refractivity contribution in [2.75, 3.05) is 11.4 Å². The molecule has 0 radical (unpaired) electrons. The predicted molar refractivity (Wildman–Crippen MR) is 82.4 cm³/mol. The quantitative estimate of drug-likeness (QED) is 0.379. The van der Waals surface area contributed by atoms with Gasteiger partial charge in [0.1, 0.15) is 5.82 Å². The number of aromatic nitrogens is 2. The molecule has 2 heterocycles. The summed E-state index contributed by atoms with van der Waals surface area (Å²) in [5.74, 6) is 0.758. The van der Waals surface area contributed by atoms with Gasteiger partial charge in [0.25, 0.3) is 0 Å². The third-order valence-corrected chi connectivity index (χ3v) is 3.26. The Morgan fingerprint density at radius 2 is 2.10 bits per heavy atom. The molecular weight excluding hydrogens is 266 g/mol. The summed E-state index contributed by atoms with van der Waals surface area (Å²) in [6.45, 7) is 5.29. The van der Waals surface area contributed by atoms with Crippen LogP contribution in [0.25, 0.3) is 0 Å². The molecule has 0 unspecified atom stereocenters. The van der Waals surface area contributed by atoms with E-state index in [-0.39, 0.29) is 5.84 Å². The lowest BCUT2D eigenvalue weighted by Gasteiger charge is -2.24. The van der Waals surface area contributed by atoms with Crippen LogP contribution in [0.2, 0.25) is 0 Å². The number of anilines is 1. The van der Waals surface area contributed by atoms with E-state index in [1.54, 1.807) is 12.4 Å². The fraction of sp³-hybridized carbons (Fsp3) is 0.267. The molecule has 0 aliphatic carbocycles. The van der Waals surface area contributed by atoms with Crippen molar-refractivity contribution in [2.24, 2.45) is 10.9 Å². The van der Waals surface area contributed by atoms with Crippen LogP contribution in [0.15, 0.2) is 41.8 Å². The maximum absolute atomic E-state index is 8.99. The second-order valence-electron chi connectivity index (χ2n) is 4.65. The van der Waals surface area contributed by atoms with E-state index in [0.29, 0.717) is 17.9 Å². The molecular formula is C15H19N5O. The first-order valence-corrected chi connectivity index (χ1v) is 6.75. The molecule has 0 aliphatic rings. The van der Waals surface area contributed by atoms with Gasteiger partial charge < -0.3 is 15.8 Å². The number of nitrogens with two attached hydrogens (primary N) is 1. The van der Waals surface area contributed by atoms with Gasteiger partial charge in [0.2, 0.25) is 0 Å². The van der Waals surface area contributed by atoms with Crippen molar-refractivity contribution >= 4 is 11.7 Å². The third-order valence-electron chi connectivity index (χ3n) is 3.26. The molecule has 110 valence electrons. The number of amidine groups is 1. The molecule has 0 atom stereocenters. The minimum absolute atomic E-state index is 0.0649. The largest absolute Gasteiger partial charge is 0.409 e. The first kappa shape index (κ1) is 14.8. The molecule has 0 aromatic carbocycles. The Balaban J connectivity index is 2.41. The molecule has 0 saturated heterocycles. The Hall–Kier alpha value is -2.63. The lowest BCUT2D eigenvalue weighted by molar-refractivity contribution is 0.318. The zero-order valence-electron chi connectivity index (χ0n) is 12.2. The second-order valence-corrected chi connectivity index (χ2v) is 4.65. The van der Waals surface area contributed by atoms with E-state index in [4.69, 9.17) is 10.9 Å². The van der Waals surface area contributed by atoms with E-state index in [2.05, 4.69) is 15.1 Å². The highest BCUT2D eigenvalue weighted by molar-refractivity contribution is 6.02. The van der Waals surface area contributed by atoms with E-state index in [1.807, 2.05) is 43.0 Å². The zero-order valence-corrected chi connectivity index (χ0v) is 12.2. The molecule has 6 heteroatoms. The summed E-state index contributed by atoms with van der Waals surface area (Å²) in [7, 11) is 0. The average molecular weight is 285 g/mol. The topological polar surface area (TPSA) is 87.6 Å². The van der Waals surface area contributed by atoms with Crippen LogP contribution in [0.1, 0.15) is 23.7 Å². The van der Waals surface area contributed by atoms with Crippen molar-refractivity contribution in [3.63, 3.8) is 0 Å². The molecule has 6 nitrogen and oxygen atoms in total. The smallest absolute Gasteiger partial charge is 0.174 e. The summed E-state index contributed by atoms with van der Waals surface area (Å²) in [6.07, 6.45) is 3.48. The number of hydrogen-bond acceptors (Lipinski definition) is 5. The van der Waals surface area contributed by atoms with Crippen LogP contribution < -0.4 is 10.6 Å². The van der Waals surface area contributed by atoms with Crippen LogP contribution in [-0.4, -0.2) is 27.6 Å². The monoisotopic (exact) mass is 285 g/mol. The highest BCUT2D eigenvalue weighted by Gasteiger charge is 2.17. The van der Waals surface area contributed by atoms with Crippen molar-refractivity contribution in [1.29, 1.82) is 0 Å². The highest BCUT2D eigenvalue weighted by Crippen LogP contribution is 2.22. The number of rotatable bonds is 5. The van der Waals surface area contributed by atoms with Crippen molar-refractivity contribution < 1.29 is 5.21 Å². The minimum Gasteiger partial charge on any atom is -0.409 e. The van der Waals surface area contributed by atoms with Gasteiger partial charge in [-0.1, -0.05) is 11.2 Å². The number of aryl methyl sites for hydroxylation is 1. The fourth-order valence-electron chi connectivity index (χ4n) is 2.17. The van der Waals surface area contributed by atoms with Crippen molar-refractivity contribution in [1.82, 2.24) is 9.97 Å². The van der Waals surface area contributed by atoms with Gasteiger partial charge in [-0.2, -0.15) is 0 Å². The number of oxime groups is 1. The summed E-state index contributed by atoms with van der Waals surface area (Å²) in [5.41, 5.74) is 8.30. The lowest BCUT2D eigenvalue weighted by Crippen LogP contribution is -2.28. The van der Waals surface area contributed by atoms with Gasteiger partial charge in [-0.05, 0) is 37.6 Å². The summed E-state index contributed by atoms with van der Waals surface area (Å²) in [5, 5.41) is 12.1. The van der Waals surface area contributed by atoms with Crippen LogP contribution in [0.3, 0.4) is 0 Å². The van der Waals surface area contributed by atoms with E-state index in [0.717, 1.165) is 17.8 Å². The Morgan fingerprint density at radius 3 is 2.71 bits per heavy atom. The van der Waals surface area contributed by atoms with Gasteiger partial charge in [0.05, 0.1) is 17.8 Å². The van der Waals surface area contributed by atoms with Crippen molar-refractivity contribution in [3.8, 4) is 0 Å². The Morgan fingerprint density at radius 1 is 1.29 bits per heavy atom. The molecule has 0 saturated carbocycles. The maximum atomic E-state index is 8.99. The number of pyridine rings is 2. The average Bonchev–Trinajstić information content (AvgIpc) is 2.52. The zero-order chi connectivity index (χ0) is 15.2. The first-order valence-electron chi connectivity index (χ1n) is 6.75. The minimum atomic E-state index is 0.0649. The number of nitrogens with zero attached hydrogens (tertiary/aromatic N) is 4. The van der Waals surface area contributed by atoms with Crippen LogP contribution in [0.4, 0.5) is 5.82 Å². The van der Waals surface area contributed by atoms with Gasteiger partial charge in [-0.3, -0.25) is 4.98 Å². The molecule has 0 spiro atoms.